The van der Waals surface area contributed by atoms with Crippen LogP contribution in [0, 0.1) is 0 Å². The smallest absolute Gasteiger partial charge is 0.408 e. The largest absolute Gasteiger partial charge is 0.444 e. The Hall–Kier alpha value is -0.770. The Balaban J connectivity index is 2.51. The molecule has 0 unspecified atom stereocenters. The van der Waals surface area contributed by atoms with Gasteiger partial charge in [0.15, 0.2) is 0 Å². The minimum absolute atomic E-state index is 0.190. The van der Waals surface area contributed by atoms with E-state index in [2.05, 4.69) is 24.5 Å². The van der Waals surface area contributed by atoms with E-state index in [1.165, 1.54) is 12.8 Å². The van der Waals surface area contributed by atoms with Crippen molar-refractivity contribution < 1.29 is 9.53 Å². The SMILES string of the molecule is CCC(CC)(CNC1CC1)NC(=O)OC(C)(C)C. The molecule has 4 nitrogen and oxygen atoms in total. The van der Waals surface area contributed by atoms with Gasteiger partial charge in [0.25, 0.3) is 0 Å². The molecular weight excluding hydrogens is 228 g/mol. The second kappa shape index (κ2) is 5.91. The molecule has 0 aromatic rings. The van der Waals surface area contributed by atoms with Crippen LogP contribution in [0.25, 0.3) is 0 Å². The predicted molar refractivity (Wildman–Crippen MR) is 73.7 cm³/mol. The molecule has 1 fully saturated rings. The number of ether oxygens (including phenoxy) is 1. The minimum Gasteiger partial charge on any atom is -0.444 e. The Morgan fingerprint density at radius 1 is 1.22 bits per heavy atom. The highest BCUT2D eigenvalue weighted by Gasteiger charge is 2.32. The van der Waals surface area contributed by atoms with E-state index in [0.29, 0.717) is 6.04 Å². The zero-order valence-corrected chi connectivity index (χ0v) is 12.4. The van der Waals surface area contributed by atoms with Gasteiger partial charge in [0.05, 0.1) is 5.54 Å². The van der Waals surface area contributed by atoms with Gasteiger partial charge in [-0.3, -0.25) is 0 Å². The van der Waals surface area contributed by atoms with Gasteiger partial charge >= 0.3 is 6.09 Å². The fourth-order valence-electron chi connectivity index (χ4n) is 1.87. The Kier molecular flexibility index (Phi) is 5.02. The number of amides is 1. The molecule has 106 valence electrons. The average molecular weight is 256 g/mol. The molecule has 0 aromatic heterocycles. The van der Waals surface area contributed by atoms with Gasteiger partial charge < -0.3 is 15.4 Å². The van der Waals surface area contributed by atoms with Crippen molar-refractivity contribution in [3.05, 3.63) is 0 Å². The van der Waals surface area contributed by atoms with Crippen molar-refractivity contribution in [2.75, 3.05) is 6.54 Å². The van der Waals surface area contributed by atoms with Gasteiger partial charge in [-0.1, -0.05) is 13.8 Å². The molecule has 1 saturated carbocycles. The van der Waals surface area contributed by atoms with Crippen LogP contribution in [0.2, 0.25) is 0 Å². The molecule has 1 rings (SSSR count). The van der Waals surface area contributed by atoms with Crippen molar-refractivity contribution >= 4 is 6.09 Å². The lowest BCUT2D eigenvalue weighted by molar-refractivity contribution is 0.0445. The van der Waals surface area contributed by atoms with Crippen LogP contribution >= 0.6 is 0 Å². The third kappa shape index (κ3) is 5.25. The van der Waals surface area contributed by atoms with Crippen LogP contribution in [0.5, 0.6) is 0 Å². The molecule has 4 heteroatoms. The molecule has 0 spiro atoms. The minimum atomic E-state index is -0.443. The van der Waals surface area contributed by atoms with E-state index >= 15 is 0 Å². The van der Waals surface area contributed by atoms with Crippen LogP contribution in [0.15, 0.2) is 0 Å². The highest BCUT2D eigenvalue weighted by atomic mass is 16.6. The van der Waals surface area contributed by atoms with Crippen molar-refractivity contribution in [3.8, 4) is 0 Å². The van der Waals surface area contributed by atoms with E-state index in [1.54, 1.807) is 0 Å². The predicted octanol–water partition coefficient (Wildman–Crippen LogP) is 2.82. The van der Waals surface area contributed by atoms with E-state index in [0.717, 1.165) is 19.4 Å². The van der Waals surface area contributed by atoms with Gasteiger partial charge in [-0.05, 0) is 46.5 Å². The molecule has 0 heterocycles. The fourth-order valence-corrected chi connectivity index (χ4v) is 1.87. The van der Waals surface area contributed by atoms with Crippen LogP contribution in [0.4, 0.5) is 4.79 Å². The van der Waals surface area contributed by atoms with Crippen molar-refractivity contribution in [3.63, 3.8) is 0 Å². The highest BCUT2D eigenvalue weighted by Crippen LogP contribution is 2.22. The number of hydrogen-bond donors (Lipinski definition) is 2. The maximum Gasteiger partial charge on any atom is 0.408 e. The molecular formula is C14H28N2O2. The summed E-state index contributed by atoms with van der Waals surface area (Å²) in [6, 6.07) is 0.655. The summed E-state index contributed by atoms with van der Waals surface area (Å²) in [6.45, 7) is 10.7. The van der Waals surface area contributed by atoms with Gasteiger partial charge in [0, 0.05) is 12.6 Å². The standard InChI is InChI=1S/C14H28N2O2/c1-6-14(7-2,10-15-11-8-9-11)16-12(17)18-13(3,4)5/h11,15H,6-10H2,1-5H3,(H,16,17). The Morgan fingerprint density at radius 3 is 2.17 bits per heavy atom. The second-order valence-corrected chi connectivity index (χ2v) is 6.27. The first-order chi connectivity index (χ1) is 8.30. The van der Waals surface area contributed by atoms with Crippen molar-refractivity contribution in [2.45, 2.75) is 77.5 Å². The summed E-state index contributed by atoms with van der Waals surface area (Å²) in [5, 5.41) is 6.54. The number of carbonyl (C=O) groups excluding carboxylic acids is 1. The third-order valence-electron chi connectivity index (χ3n) is 3.43. The first-order valence-electron chi connectivity index (χ1n) is 7.05. The van der Waals surface area contributed by atoms with Crippen LogP contribution in [-0.2, 0) is 4.74 Å². The molecule has 0 radical (unpaired) electrons. The molecule has 0 aliphatic heterocycles. The number of alkyl carbamates (subject to hydrolysis) is 1. The summed E-state index contributed by atoms with van der Waals surface area (Å²) >= 11 is 0. The number of carbonyl (C=O) groups is 1. The molecule has 18 heavy (non-hydrogen) atoms. The Labute approximate surface area is 111 Å². The summed E-state index contributed by atoms with van der Waals surface area (Å²) in [5.74, 6) is 0. The van der Waals surface area contributed by atoms with E-state index in [4.69, 9.17) is 4.74 Å². The maximum atomic E-state index is 11.9. The summed E-state index contributed by atoms with van der Waals surface area (Å²) in [4.78, 5) is 11.9. The van der Waals surface area contributed by atoms with Crippen molar-refractivity contribution in [1.82, 2.24) is 10.6 Å². The summed E-state index contributed by atoms with van der Waals surface area (Å²) in [5.41, 5.74) is -0.633. The van der Waals surface area contributed by atoms with Crippen LogP contribution in [0.1, 0.15) is 60.3 Å². The quantitative estimate of drug-likeness (QED) is 0.768. The number of hydrogen-bond acceptors (Lipinski definition) is 3. The molecule has 1 amide bonds. The molecule has 2 N–H and O–H groups in total. The van der Waals surface area contributed by atoms with Crippen molar-refractivity contribution in [1.29, 1.82) is 0 Å². The number of nitrogens with one attached hydrogen (secondary N) is 2. The summed E-state index contributed by atoms with van der Waals surface area (Å²) in [7, 11) is 0. The Morgan fingerprint density at radius 2 is 1.78 bits per heavy atom. The zero-order chi connectivity index (χ0) is 13.8. The molecule has 0 aromatic carbocycles. The zero-order valence-electron chi connectivity index (χ0n) is 12.4. The Bertz CT molecular complexity index is 276. The van der Waals surface area contributed by atoms with Crippen LogP contribution in [-0.4, -0.2) is 29.8 Å². The first-order valence-corrected chi connectivity index (χ1v) is 7.05. The van der Waals surface area contributed by atoms with Gasteiger partial charge in [-0.15, -0.1) is 0 Å². The number of rotatable bonds is 6. The summed E-state index contributed by atoms with van der Waals surface area (Å²) in [6.07, 6.45) is 4.01. The molecule has 0 saturated heterocycles. The van der Waals surface area contributed by atoms with E-state index in [1.807, 2.05) is 20.8 Å². The lowest BCUT2D eigenvalue weighted by atomic mass is 9.93. The van der Waals surface area contributed by atoms with Gasteiger partial charge in [0.1, 0.15) is 5.60 Å². The normalized spacial score (nSPS) is 16.5. The van der Waals surface area contributed by atoms with E-state index < -0.39 is 5.60 Å². The molecule has 0 bridgehead atoms. The lowest BCUT2D eigenvalue weighted by Crippen LogP contribution is -2.55. The van der Waals surface area contributed by atoms with E-state index in [9.17, 15) is 4.79 Å². The van der Waals surface area contributed by atoms with Gasteiger partial charge in [-0.25, -0.2) is 4.79 Å². The topological polar surface area (TPSA) is 50.4 Å². The van der Waals surface area contributed by atoms with Crippen LogP contribution < -0.4 is 10.6 Å². The summed E-state index contributed by atoms with van der Waals surface area (Å²) < 4.78 is 5.34. The van der Waals surface area contributed by atoms with Crippen molar-refractivity contribution in [2.24, 2.45) is 0 Å². The fraction of sp³-hybridized carbons (Fsp3) is 0.929. The monoisotopic (exact) mass is 256 g/mol. The first kappa shape index (κ1) is 15.3. The maximum absolute atomic E-state index is 11.9. The third-order valence-corrected chi connectivity index (χ3v) is 3.43. The highest BCUT2D eigenvalue weighted by molar-refractivity contribution is 5.68. The lowest BCUT2D eigenvalue weighted by Gasteiger charge is -2.34. The van der Waals surface area contributed by atoms with Gasteiger partial charge in [0.2, 0.25) is 0 Å². The average Bonchev–Trinajstić information content (AvgIpc) is 3.05. The van der Waals surface area contributed by atoms with E-state index in [-0.39, 0.29) is 11.6 Å². The van der Waals surface area contributed by atoms with Crippen LogP contribution in [0.3, 0.4) is 0 Å². The van der Waals surface area contributed by atoms with Gasteiger partial charge in [-0.2, -0.15) is 0 Å². The molecule has 1 aliphatic carbocycles. The molecule has 1 aliphatic rings. The molecule has 0 atom stereocenters. The second-order valence-electron chi connectivity index (χ2n) is 6.27.